The Morgan fingerprint density at radius 2 is 2.00 bits per heavy atom. The highest BCUT2D eigenvalue weighted by atomic mass is 16.5. The minimum atomic E-state index is -0.630. The number of furan rings is 1. The highest BCUT2D eigenvalue weighted by Gasteiger charge is 2.21. The van der Waals surface area contributed by atoms with E-state index in [9.17, 15) is 5.11 Å². The smallest absolute Gasteiger partial charge is 0.134 e. The van der Waals surface area contributed by atoms with Crippen LogP contribution in [0.5, 0.6) is 5.75 Å². The molecule has 0 saturated carbocycles. The van der Waals surface area contributed by atoms with Crippen molar-refractivity contribution in [1.29, 1.82) is 0 Å². The molecule has 4 heteroatoms. The van der Waals surface area contributed by atoms with E-state index in [4.69, 9.17) is 9.15 Å². The van der Waals surface area contributed by atoms with Gasteiger partial charge in [-0.15, -0.1) is 0 Å². The number of nitrogens with one attached hydrogen (secondary N) is 1. The molecule has 0 amide bonds. The zero-order valence-electron chi connectivity index (χ0n) is 12.4. The average molecular weight is 277 g/mol. The van der Waals surface area contributed by atoms with Crippen LogP contribution in [0.25, 0.3) is 11.0 Å². The number of methoxy groups -OCH3 is 1. The van der Waals surface area contributed by atoms with Crippen molar-refractivity contribution in [3.05, 3.63) is 30.0 Å². The summed E-state index contributed by atoms with van der Waals surface area (Å²) in [6.45, 7) is 5.18. The van der Waals surface area contributed by atoms with Crippen LogP contribution < -0.4 is 10.1 Å². The Morgan fingerprint density at radius 1 is 1.25 bits per heavy atom. The monoisotopic (exact) mass is 277 g/mol. The summed E-state index contributed by atoms with van der Waals surface area (Å²) in [7, 11) is 1.65. The van der Waals surface area contributed by atoms with Gasteiger partial charge in [-0.1, -0.05) is 13.8 Å². The molecule has 2 N–H and O–H groups in total. The first-order valence-electron chi connectivity index (χ1n) is 7.10. The Labute approximate surface area is 119 Å². The number of benzene rings is 1. The molecule has 0 aliphatic rings. The van der Waals surface area contributed by atoms with Gasteiger partial charge < -0.3 is 19.6 Å². The molecule has 4 nitrogen and oxygen atoms in total. The minimum absolute atomic E-state index is 0.570. The summed E-state index contributed by atoms with van der Waals surface area (Å²) in [4.78, 5) is 0. The lowest BCUT2D eigenvalue weighted by atomic mass is 9.98. The Bertz CT molecular complexity index is 558. The maximum Gasteiger partial charge on any atom is 0.134 e. The van der Waals surface area contributed by atoms with E-state index in [0.717, 1.165) is 35.3 Å². The van der Waals surface area contributed by atoms with Crippen LogP contribution in [0.4, 0.5) is 0 Å². The van der Waals surface area contributed by atoms with Gasteiger partial charge in [-0.25, -0.2) is 0 Å². The molecule has 1 aromatic heterocycles. The highest BCUT2D eigenvalue weighted by Crippen LogP contribution is 2.24. The summed E-state index contributed by atoms with van der Waals surface area (Å²) < 4.78 is 10.9. The van der Waals surface area contributed by atoms with E-state index in [1.54, 1.807) is 7.11 Å². The quantitative estimate of drug-likeness (QED) is 0.816. The van der Waals surface area contributed by atoms with Crippen molar-refractivity contribution in [3.8, 4) is 5.75 Å². The lowest BCUT2D eigenvalue weighted by Crippen LogP contribution is -2.39. The molecule has 0 aliphatic heterocycles. The number of fused-ring (bicyclic) bond motifs is 1. The molecule has 0 radical (unpaired) electrons. The topological polar surface area (TPSA) is 54.6 Å². The van der Waals surface area contributed by atoms with Gasteiger partial charge in [0, 0.05) is 11.9 Å². The van der Waals surface area contributed by atoms with Crippen LogP contribution in [0, 0.1) is 0 Å². The molecule has 2 aromatic rings. The van der Waals surface area contributed by atoms with E-state index in [0.29, 0.717) is 13.1 Å². The largest absolute Gasteiger partial charge is 0.497 e. The lowest BCUT2D eigenvalue weighted by molar-refractivity contribution is 0.0319. The molecule has 0 bridgehead atoms. The number of ether oxygens (including phenoxy) is 1. The second-order valence-electron chi connectivity index (χ2n) is 5.15. The Morgan fingerprint density at radius 3 is 2.65 bits per heavy atom. The summed E-state index contributed by atoms with van der Waals surface area (Å²) in [5.41, 5.74) is 0.221. The first-order chi connectivity index (χ1) is 9.60. The van der Waals surface area contributed by atoms with Gasteiger partial charge in [-0.05, 0) is 37.1 Å². The second kappa shape index (κ2) is 6.29. The Kier molecular flexibility index (Phi) is 4.68. The number of rotatable bonds is 7. The maximum atomic E-state index is 10.2. The summed E-state index contributed by atoms with van der Waals surface area (Å²) in [5.74, 6) is 1.69. The van der Waals surface area contributed by atoms with E-state index < -0.39 is 5.60 Å². The van der Waals surface area contributed by atoms with Crippen molar-refractivity contribution < 1.29 is 14.3 Å². The van der Waals surface area contributed by atoms with Crippen LogP contribution in [0.3, 0.4) is 0 Å². The van der Waals surface area contributed by atoms with Crippen molar-refractivity contribution in [2.75, 3.05) is 13.7 Å². The molecule has 0 unspecified atom stereocenters. The second-order valence-corrected chi connectivity index (χ2v) is 5.15. The number of hydrogen-bond acceptors (Lipinski definition) is 4. The molecule has 1 heterocycles. The van der Waals surface area contributed by atoms with Gasteiger partial charge in [0.05, 0.1) is 19.3 Å². The normalized spacial score (nSPS) is 12.0. The molecular weight excluding hydrogens is 254 g/mol. The number of aliphatic hydroxyl groups is 1. The minimum Gasteiger partial charge on any atom is -0.497 e. The Hall–Kier alpha value is -1.52. The average Bonchev–Trinajstić information content (AvgIpc) is 2.88. The fourth-order valence-corrected chi connectivity index (χ4v) is 2.21. The lowest BCUT2D eigenvalue weighted by Gasteiger charge is -2.25. The van der Waals surface area contributed by atoms with Gasteiger partial charge in [0.25, 0.3) is 0 Å². The van der Waals surface area contributed by atoms with Gasteiger partial charge in [0.2, 0.25) is 0 Å². The first kappa shape index (κ1) is 14.9. The van der Waals surface area contributed by atoms with Gasteiger partial charge in [-0.2, -0.15) is 0 Å². The third-order valence-corrected chi connectivity index (χ3v) is 3.84. The van der Waals surface area contributed by atoms with Gasteiger partial charge >= 0.3 is 0 Å². The predicted octanol–water partition coefficient (Wildman–Crippen LogP) is 3.08. The first-order valence-corrected chi connectivity index (χ1v) is 7.10. The van der Waals surface area contributed by atoms with Gasteiger partial charge in [-0.3, -0.25) is 0 Å². The van der Waals surface area contributed by atoms with E-state index in [-0.39, 0.29) is 0 Å². The van der Waals surface area contributed by atoms with E-state index in [2.05, 4.69) is 5.32 Å². The fourth-order valence-electron chi connectivity index (χ4n) is 2.21. The summed E-state index contributed by atoms with van der Waals surface area (Å²) in [6.07, 6.45) is 1.49. The molecule has 110 valence electrons. The van der Waals surface area contributed by atoms with E-state index >= 15 is 0 Å². The zero-order chi connectivity index (χ0) is 14.6. The van der Waals surface area contributed by atoms with Crippen LogP contribution in [-0.2, 0) is 6.54 Å². The Balaban J connectivity index is 2.00. The molecular formula is C16H23NO3. The van der Waals surface area contributed by atoms with E-state index in [1.165, 1.54) is 0 Å². The summed E-state index contributed by atoms with van der Waals surface area (Å²) in [6, 6.07) is 7.75. The zero-order valence-corrected chi connectivity index (χ0v) is 12.4. The van der Waals surface area contributed by atoms with Gasteiger partial charge in [0.1, 0.15) is 17.1 Å². The molecule has 0 spiro atoms. The SMILES string of the molecule is CCC(O)(CC)CNCc1cc2cc(OC)ccc2o1. The van der Waals surface area contributed by atoms with Crippen LogP contribution in [-0.4, -0.2) is 24.4 Å². The molecule has 0 saturated heterocycles. The highest BCUT2D eigenvalue weighted by molar-refractivity contribution is 5.79. The van der Waals surface area contributed by atoms with Crippen molar-refractivity contribution in [2.45, 2.75) is 38.8 Å². The van der Waals surface area contributed by atoms with Gasteiger partial charge in [0.15, 0.2) is 0 Å². The van der Waals surface area contributed by atoms with Crippen molar-refractivity contribution in [1.82, 2.24) is 5.32 Å². The molecule has 1 aromatic carbocycles. The molecule has 0 fully saturated rings. The summed E-state index contributed by atoms with van der Waals surface area (Å²) in [5, 5.41) is 14.5. The number of hydrogen-bond donors (Lipinski definition) is 2. The standard InChI is InChI=1S/C16H23NO3/c1-4-16(18,5-2)11-17-10-14-9-12-8-13(19-3)6-7-15(12)20-14/h6-9,17-18H,4-5,10-11H2,1-3H3. The van der Waals surface area contributed by atoms with Crippen LogP contribution in [0.2, 0.25) is 0 Å². The predicted molar refractivity (Wildman–Crippen MR) is 80.0 cm³/mol. The third-order valence-electron chi connectivity index (χ3n) is 3.84. The van der Waals surface area contributed by atoms with Crippen molar-refractivity contribution in [2.24, 2.45) is 0 Å². The van der Waals surface area contributed by atoms with Crippen molar-refractivity contribution >= 4 is 11.0 Å². The summed E-state index contributed by atoms with van der Waals surface area (Å²) >= 11 is 0. The maximum absolute atomic E-state index is 10.2. The third kappa shape index (κ3) is 3.32. The molecule has 2 rings (SSSR count). The molecule has 0 aliphatic carbocycles. The van der Waals surface area contributed by atoms with Crippen LogP contribution >= 0.6 is 0 Å². The van der Waals surface area contributed by atoms with E-state index in [1.807, 2.05) is 38.1 Å². The molecule has 20 heavy (non-hydrogen) atoms. The molecule has 0 atom stereocenters. The van der Waals surface area contributed by atoms with Crippen LogP contribution in [0.1, 0.15) is 32.4 Å². The van der Waals surface area contributed by atoms with Crippen molar-refractivity contribution in [3.63, 3.8) is 0 Å². The van der Waals surface area contributed by atoms with Crippen LogP contribution in [0.15, 0.2) is 28.7 Å². The fraction of sp³-hybridized carbons (Fsp3) is 0.500.